The Morgan fingerprint density at radius 1 is 1.25 bits per heavy atom. The molecule has 1 saturated heterocycles. The second-order valence-electron chi connectivity index (χ2n) is 4.47. The van der Waals surface area contributed by atoms with Crippen molar-refractivity contribution in [1.29, 1.82) is 0 Å². The van der Waals surface area contributed by atoms with Crippen molar-refractivity contribution >= 4 is 5.69 Å². The zero-order chi connectivity index (χ0) is 15.0. The zero-order valence-corrected chi connectivity index (χ0v) is 10.2. The lowest BCUT2D eigenvalue weighted by atomic mass is 9.98. The van der Waals surface area contributed by atoms with E-state index >= 15 is 0 Å². The summed E-state index contributed by atoms with van der Waals surface area (Å²) >= 11 is 0. The SMILES string of the molecule is Nc1cn([C@@H]2O[C@H](CO)[C@H](O)[C@H](O)[C@H]2O)c(=O)[nH]c1=O. The van der Waals surface area contributed by atoms with Crippen LogP contribution >= 0.6 is 0 Å². The molecular weight excluding hydrogens is 274 g/mol. The van der Waals surface area contributed by atoms with Gasteiger partial charge < -0.3 is 30.9 Å². The van der Waals surface area contributed by atoms with Crippen LogP contribution in [-0.2, 0) is 4.74 Å². The van der Waals surface area contributed by atoms with E-state index in [0.29, 0.717) is 0 Å². The summed E-state index contributed by atoms with van der Waals surface area (Å²) < 4.78 is 5.94. The van der Waals surface area contributed by atoms with Gasteiger partial charge in [0.2, 0.25) is 0 Å². The Morgan fingerprint density at radius 2 is 1.90 bits per heavy atom. The quantitative estimate of drug-likeness (QED) is 0.320. The number of nitrogens with one attached hydrogen (secondary N) is 1. The normalized spacial score (nSPS) is 34.1. The number of hydrogen-bond acceptors (Lipinski definition) is 8. The van der Waals surface area contributed by atoms with Crippen molar-refractivity contribution in [2.45, 2.75) is 30.6 Å². The molecule has 0 amide bonds. The van der Waals surface area contributed by atoms with Gasteiger partial charge in [-0.05, 0) is 0 Å². The van der Waals surface area contributed by atoms with Crippen LogP contribution in [0, 0.1) is 0 Å². The molecule has 112 valence electrons. The molecule has 7 N–H and O–H groups in total. The molecule has 1 aromatic rings. The van der Waals surface area contributed by atoms with Crippen molar-refractivity contribution in [3.8, 4) is 0 Å². The van der Waals surface area contributed by atoms with E-state index in [-0.39, 0.29) is 5.69 Å². The van der Waals surface area contributed by atoms with Crippen molar-refractivity contribution in [2.75, 3.05) is 12.3 Å². The van der Waals surface area contributed by atoms with Crippen molar-refractivity contribution < 1.29 is 25.2 Å². The largest absolute Gasteiger partial charge is 0.394 e. The van der Waals surface area contributed by atoms with Gasteiger partial charge in [0, 0.05) is 6.20 Å². The molecule has 10 nitrogen and oxygen atoms in total. The Bertz CT molecular complexity index is 595. The predicted molar refractivity (Wildman–Crippen MR) is 64.8 cm³/mol. The minimum atomic E-state index is -1.64. The summed E-state index contributed by atoms with van der Waals surface area (Å²) in [5.41, 5.74) is 3.37. The van der Waals surface area contributed by atoms with E-state index in [1.54, 1.807) is 0 Å². The molecule has 0 bridgehead atoms. The number of hydrogen-bond donors (Lipinski definition) is 6. The smallest absolute Gasteiger partial charge is 0.330 e. The van der Waals surface area contributed by atoms with Crippen LogP contribution in [0.1, 0.15) is 6.23 Å². The fourth-order valence-electron chi connectivity index (χ4n) is 2.00. The van der Waals surface area contributed by atoms with Gasteiger partial charge in [-0.1, -0.05) is 0 Å². The number of nitrogens with two attached hydrogens (primary N) is 1. The second kappa shape index (κ2) is 5.34. The van der Waals surface area contributed by atoms with E-state index in [1.165, 1.54) is 0 Å². The number of nitrogens with zero attached hydrogens (tertiary/aromatic N) is 1. The first kappa shape index (κ1) is 14.7. The van der Waals surface area contributed by atoms with Crippen LogP contribution in [0.15, 0.2) is 15.8 Å². The summed E-state index contributed by atoms with van der Waals surface area (Å²) in [5.74, 6) is 0. The monoisotopic (exact) mass is 289 g/mol. The molecular formula is C10H15N3O7. The molecule has 1 fully saturated rings. The Balaban J connectivity index is 2.44. The molecule has 1 aliphatic heterocycles. The molecule has 0 unspecified atom stereocenters. The molecule has 10 heteroatoms. The van der Waals surface area contributed by atoms with Crippen LogP contribution in [0.25, 0.3) is 0 Å². The number of aromatic amines is 1. The first-order valence-corrected chi connectivity index (χ1v) is 5.78. The lowest BCUT2D eigenvalue weighted by molar-refractivity contribution is -0.252. The van der Waals surface area contributed by atoms with Gasteiger partial charge in [-0.25, -0.2) is 4.79 Å². The summed E-state index contributed by atoms with van der Waals surface area (Å²) in [5, 5.41) is 38.2. The molecule has 2 heterocycles. The number of aromatic nitrogens is 2. The maximum Gasteiger partial charge on any atom is 0.330 e. The van der Waals surface area contributed by atoms with Gasteiger partial charge in [0.15, 0.2) is 6.23 Å². The van der Waals surface area contributed by atoms with Gasteiger partial charge in [-0.15, -0.1) is 0 Å². The number of aliphatic hydroxyl groups is 4. The number of H-pyrrole nitrogens is 1. The third-order valence-electron chi connectivity index (χ3n) is 3.14. The molecule has 5 atom stereocenters. The zero-order valence-electron chi connectivity index (χ0n) is 10.2. The highest BCUT2D eigenvalue weighted by Crippen LogP contribution is 2.27. The van der Waals surface area contributed by atoms with E-state index < -0.39 is 48.5 Å². The maximum atomic E-state index is 11.7. The summed E-state index contributed by atoms with van der Waals surface area (Å²) in [7, 11) is 0. The standard InChI is InChI=1S/C10H15N3O7/c11-3-1-13(10(19)12-8(3)18)9-7(17)6(16)5(15)4(2-14)20-9/h1,4-7,9,14-17H,2,11H2,(H,12,18,19)/t4-,5+,6+,7-,9-/m1/s1. The van der Waals surface area contributed by atoms with Crippen LogP contribution in [0.2, 0.25) is 0 Å². The fourth-order valence-corrected chi connectivity index (χ4v) is 2.00. The highest BCUT2D eigenvalue weighted by Gasteiger charge is 2.44. The number of anilines is 1. The summed E-state index contributed by atoms with van der Waals surface area (Å²) in [6.45, 7) is -0.630. The Kier molecular flexibility index (Phi) is 3.92. The topological polar surface area (TPSA) is 171 Å². The van der Waals surface area contributed by atoms with E-state index in [9.17, 15) is 24.9 Å². The number of nitrogen functional groups attached to an aromatic ring is 1. The van der Waals surface area contributed by atoms with E-state index in [1.807, 2.05) is 4.98 Å². The van der Waals surface area contributed by atoms with Gasteiger partial charge in [0.05, 0.1) is 6.61 Å². The maximum absolute atomic E-state index is 11.7. The second-order valence-corrected chi connectivity index (χ2v) is 4.47. The highest BCUT2D eigenvalue weighted by molar-refractivity contribution is 5.30. The van der Waals surface area contributed by atoms with E-state index in [0.717, 1.165) is 10.8 Å². The van der Waals surface area contributed by atoms with Crippen molar-refractivity contribution in [2.24, 2.45) is 0 Å². The lowest BCUT2D eigenvalue weighted by Gasteiger charge is -2.40. The molecule has 2 rings (SSSR count). The minimum Gasteiger partial charge on any atom is -0.394 e. The predicted octanol–water partition coefficient (Wildman–Crippen LogP) is -3.91. The van der Waals surface area contributed by atoms with Crippen LogP contribution in [0.4, 0.5) is 5.69 Å². The van der Waals surface area contributed by atoms with E-state index in [2.05, 4.69) is 0 Å². The highest BCUT2D eigenvalue weighted by atomic mass is 16.6. The summed E-state index contributed by atoms with van der Waals surface area (Å²) in [4.78, 5) is 24.8. The van der Waals surface area contributed by atoms with Crippen LogP contribution in [-0.4, -0.2) is 61.0 Å². The average molecular weight is 289 g/mol. The summed E-state index contributed by atoms with van der Waals surface area (Å²) in [6.07, 6.45) is -6.44. The Hall–Kier alpha value is -1.72. The van der Waals surface area contributed by atoms with Gasteiger partial charge in [0.25, 0.3) is 5.56 Å². The van der Waals surface area contributed by atoms with Gasteiger partial charge in [-0.3, -0.25) is 14.3 Å². The van der Waals surface area contributed by atoms with Gasteiger partial charge in [-0.2, -0.15) is 0 Å². The Morgan fingerprint density at radius 3 is 2.50 bits per heavy atom. The van der Waals surface area contributed by atoms with Crippen LogP contribution < -0.4 is 17.0 Å². The summed E-state index contributed by atoms with van der Waals surface area (Å²) in [6, 6.07) is 0. The van der Waals surface area contributed by atoms with Crippen molar-refractivity contribution in [1.82, 2.24) is 9.55 Å². The first-order chi connectivity index (χ1) is 9.36. The number of aliphatic hydroxyl groups excluding tert-OH is 4. The molecule has 0 saturated carbocycles. The van der Waals surface area contributed by atoms with E-state index in [4.69, 9.17) is 15.6 Å². The van der Waals surface area contributed by atoms with Crippen LogP contribution in [0.5, 0.6) is 0 Å². The fraction of sp³-hybridized carbons (Fsp3) is 0.600. The molecule has 1 aromatic heterocycles. The number of ether oxygens (including phenoxy) is 1. The first-order valence-electron chi connectivity index (χ1n) is 5.78. The lowest BCUT2D eigenvalue weighted by Crippen LogP contribution is -2.57. The molecule has 0 spiro atoms. The molecule has 0 aromatic carbocycles. The van der Waals surface area contributed by atoms with Crippen molar-refractivity contribution in [3.05, 3.63) is 27.0 Å². The molecule has 1 aliphatic rings. The molecule has 0 radical (unpaired) electrons. The Labute approximate surface area is 111 Å². The van der Waals surface area contributed by atoms with Crippen LogP contribution in [0.3, 0.4) is 0 Å². The third-order valence-corrected chi connectivity index (χ3v) is 3.14. The molecule has 20 heavy (non-hydrogen) atoms. The van der Waals surface area contributed by atoms with Crippen molar-refractivity contribution in [3.63, 3.8) is 0 Å². The minimum absolute atomic E-state index is 0.290. The average Bonchev–Trinajstić information content (AvgIpc) is 2.41. The van der Waals surface area contributed by atoms with Gasteiger partial charge in [0.1, 0.15) is 30.1 Å². The molecule has 0 aliphatic carbocycles. The number of rotatable bonds is 2. The third kappa shape index (κ3) is 2.34. The van der Waals surface area contributed by atoms with Gasteiger partial charge >= 0.3 is 5.69 Å².